The molecule has 1 N–H and O–H groups in total. The summed E-state index contributed by atoms with van der Waals surface area (Å²) in [5, 5.41) is 3.62. The Morgan fingerprint density at radius 1 is 0.607 bits per heavy atom. The van der Waals surface area contributed by atoms with Crippen LogP contribution in [-0.2, 0) is 0 Å². The topological polar surface area (TPSA) is 12.0 Å². The van der Waals surface area contributed by atoms with Crippen LogP contribution in [0.1, 0.15) is 143 Å². The fourth-order valence-electron chi connectivity index (χ4n) is 3.95. The van der Waals surface area contributed by atoms with Crippen LogP contribution in [-0.4, -0.2) is 13.1 Å². The summed E-state index contributed by atoms with van der Waals surface area (Å²) in [7, 11) is 0. The summed E-state index contributed by atoms with van der Waals surface area (Å²) in [5.74, 6) is 0.887. The summed E-state index contributed by atoms with van der Waals surface area (Å²) in [5.41, 5.74) is 1.50. The van der Waals surface area contributed by atoms with Crippen LogP contribution in [0.15, 0.2) is 12.2 Å². The molecular weight excluding hydrogens is 338 g/mol. The van der Waals surface area contributed by atoms with Crippen molar-refractivity contribution in [2.75, 3.05) is 13.1 Å². The van der Waals surface area contributed by atoms with Gasteiger partial charge in [0.25, 0.3) is 0 Å². The molecule has 168 valence electrons. The van der Waals surface area contributed by atoms with E-state index in [0.29, 0.717) is 0 Å². The molecule has 0 saturated heterocycles. The Morgan fingerprint density at radius 2 is 1.11 bits per heavy atom. The smallest absolute Gasteiger partial charge is 0.00489 e. The zero-order valence-electron chi connectivity index (χ0n) is 20.1. The Morgan fingerprint density at radius 3 is 1.71 bits per heavy atom. The third-order valence-corrected chi connectivity index (χ3v) is 6.13. The second-order valence-corrected chi connectivity index (χ2v) is 9.28. The lowest BCUT2D eigenvalue weighted by Crippen LogP contribution is -2.16. The van der Waals surface area contributed by atoms with Crippen molar-refractivity contribution in [1.82, 2.24) is 5.32 Å². The molecule has 0 aliphatic carbocycles. The molecule has 28 heavy (non-hydrogen) atoms. The number of nitrogens with one attached hydrogen (secondary N) is 1. The van der Waals surface area contributed by atoms with Crippen LogP contribution in [0.3, 0.4) is 0 Å². The van der Waals surface area contributed by atoms with Crippen molar-refractivity contribution in [3.05, 3.63) is 12.2 Å². The molecule has 0 amide bonds. The number of hydrogen-bond donors (Lipinski definition) is 1. The van der Waals surface area contributed by atoms with E-state index in [2.05, 4.69) is 32.7 Å². The van der Waals surface area contributed by atoms with Crippen LogP contribution in [0, 0.1) is 5.92 Å². The summed E-state index contributed by atoms with van der Waals surface area (Å²) >= 11 is 0. The lowest BCUT2D eigenvalue weighted by Gasteiger charge is -2.12. The minimum absolute atomic E-state index is 0.887. The predicted molar refractivity (Wildman–Crippen MR) is 130 cm³/mol. The number of rotatable bonds is 23. The van der Waals surface area contributed by atoms with E-state index >= 15 is 0 Å². The molecule has 0 heterocycles. The van der Waals surface area contributed by atoms with Gasteiger partial charge in [-0.1, -0.05) is 116 Å². The van der Waals surface area contributed by atoms with E-state index in [-0.39, 0.29) is 0 Å². The van der Waals surface area contributed by atoms with Crippen LogP contribution >= 0.6 is 0 Å². The van der Waals surface area contributed by atoms with Gasteiger partial charge in [-0.15, -0.1) is 0 Å². The molecule has 0 saturated carbocycles. The zero-order valence-corrected chi connectivity index (χ0v) is 20.1. The zero-order chi connectivity index (χ0) is 20.7. The van der Waals surface area contributed by atoms with E-state index in [0.717, 1.165) is 5.92 Å². The highest BCUT2D eigenvalue weighted by molar-refractivity contribution is 4.93. The van der Waals surface area contributed by atoms with E-state index in [1.165, 1.54) is 141 Å². The van der Waals surface area contributed by atoms with Gasteiger partial charge in [-0.05, 0) is 57.5 Å². The monoisotopic (exact) mass is 393 g/mol. The second kappa shape index (κ2) is 23.0. The Bertz CT molecular complexity index is 309. The third-order valence-electron chi connectivity index (χ3n) is 6.13. The lowest BCUT2D eigenvalue weighted by molar-refractivity contribution is 0.456. The maximum atomic E-state index is 4.33. The van der Waals surface area contributed by atoms with Crippen molar-refractivity contribution >= 4 is 0 Å². The van der Waals surface area contributed by atoms with E-state index in [9.17, 15) is 0 Å². The van der Waals surface area contributed by atoms with Gasteiger partial charge in [-0.3, -0.25) is 0 Å². The Balaban J connectivity index is 3.23. The largest absolute Gasteiger partial charge is 0.317 e. The maximum Gasteiger partial charge on any atom is -0.00489 e. The van der Waals surface area contributed by atoms with Crippen LogP contribution in [0.5, 0.6) is 0 Å². The van der Waals surface area contributed by atoms with Crippen molar-refractivity contribution in [3.8, 4) is 0 Å². The summed E-state index contributed by atoms with van der Waals surface area (Å²) in [6.07, 6.45) is 26.2. The van der Waals surface area contributed by atoms with Gasteiger partial charge < -0.3 is 5.32 Å². The van der Waals surface area contributed by atoms with Gasteiger partial charge in [-0.2, -0.15) is 0 Å². The van der Waals surface area contributed by atoms with Crippen LogP contribution in [0.25, 0.3) is 0 Å². The highest BCUT2D eigenvalue weighted by Crippen LogP contribution is 2.20. The molecule has 0 aliphatic heterocycles. The van der Waals surface area contributed by atoms with Crippen molar-refractivity contribution < 1.29 is 0 Å². The Kier molecular flexibility index (Phi) is 22.7. The van der Waals surface area contributed by atoms with E-state index in [1.54, 1.807) is 0 Å². The predicted octanol–water partition coefficient (Wildman–Crippen LogP) is 9.22. The molecule has 0 rings (SSSR count). The van der Waals surface area contributed by atoms with Gasteiger partial charge in [0.1, 0.15) is 0 Å². The third kappa shape index (κ3) is 22.0. The molecule has 0 fully saturated rings. The molecule has 1 heteroatoms. The molecule has 0 bridgehead atoms. The van der Waals surface area contributed by atoms with Crippen LogP contribution in [0.4, 0.5) is 0 Å². The van der Waals surface area contributed by atoms with Crippen molar-refractivity contribution in [3.63, 3.8) is 0 Å². The fourth-order valence-corrected chi connectivity index (χ4v) is 3.95. The molecule has 0 spiro atoms. The lowest BCUT2D eigenvalue weighted by atomic mass is 9.94. The first kappa shape index (κ1) is 27.7. The molecule has 0 aromatic heterocycles. The van der Waals surface area contributed by atoms with Gasteiger partial charge in [0, 0.05) is 0 Å². The molecule has 0 aromatic carbocycles. The van der Waals surface area contributed by atoms with Crippen molar-refractivity contribution in [2.45, 2.75) is 143 Å². The van der Waals surface area contributed by atoms with Gasteiger partial charge in [0.05, 0.1) is 0 Å². The first-order valence-corrected chi connectivity index (χ1v) is 13.1. The van der Waals surface area contributed by atoms with Gasteiger partial charge in [-0.25, -0.2) is 0 Å². The second-order valence-electron chi connectivity index (χ2n) is 9.28. The first-order valence-electron chi connectivity index (χ1n) is 13.1. The number of unbranched alkanes of at least 4 members (excludes halogenated alkanes) is 12. The van der Waals surface area contributed by atoms with Gasteiger partial charge in [0.2, 0.25) is 0 Å². The number of allylic oxidation sites excluding steroid dienone is 1. The van der Waals surface area contributed by atoms with E-state index < -0.39 is 0 Å². The van der Waals surface area contributed by atoms with Gasteiger partial charge >= 0.3 is 0 Å². The average Bonchev–Trinajstić information content (AvgIpc) is 2.70. The summed E-state index contributed by atoms with van der Waals surface area (Å²) < 4.78 is 0. The van der Waals surface area contributed by atoms with Gasteiger partial charge in [0.15, 0.2) is 0 Å². The summed E-state index contributed by atoms with van der Waals surface area (Å²) in [4.78, 5) is 0. The maximum absolute atomic E-state index is 4.33. The molecule has 1 nitrogen and oxygen atoms in total. The fraction of sp³-hybridized carbons (Fsp3) is 0.926. The standard InChI is InChI=1S/C27H55N/c1-5-7-9-11-14-18-24-28-25-19-15-12-13-17-21-27(4)23-22-26(3)20-16-10-8-6-2/h26,28H,4-25H2,1-3H3. The Hall–Kier alpha value is -0.300. The summed E-state index contributed by atoms with van der Waals surface area (Å²) in [6.45, 7) is 13.8. The molecule has 1 atom stereocenters. The summed E-state index contributed by atoms with van der Waals surface area (Å²) in [6, 6.07) is 0. The van der Waals surface area contributed by atoms with Crippen molar-refractivity contribution in [2.24, 2.45) is 5.92 Å². The average molecular weight is 394 g/mol. The van der Waals surface area contributed by atoms with Crippen molar-refractivity contribution in [1.29, 1.82) is 0 Å². The molecule has 1 unspecified atom stereocenters. The van der Waals surface area contributed by atoms with Crippen LogP contribution < -0.4 is 5.32 Å². The molecular formula is C27H55N. The quantitative estimate of drug-likeness (QED) is 0.135. The molecule has 0 aromatic rings. The normalized spacial score (nSPS) is 12.4. The van der Waals surface area contributed by atoms with E-state index in [1.807, 2.05) is 0 Å². The number of hydrogen-bond acceptors (Lipinski definition) is 1. The highest BCUT2D eigenvalue weighted by Gasteiger charge is 2.04. The minimum atomic E-state index is 0.887. The van der Waals surface area contributed by atoms with Crippen LogP contribution in [0.2, 0.25) is 0 Å². The molecule has 0 aliphatic rings. The van der Waals surface area contributed by atoms with E-state index in [4.69, 9.17) is 0 Å². The minimum Gasteiger partial charge on any atom is -0.317 e. The SMILES string of the molecule is C=C(CCCCCCCNCCCCCCCC)CCC(C)CCCCCC. The first-order chi connectivity index (χ1) is 13.7. The Labute approximate surface area is 179 Å². The molecule has 0 radical (unpaired) electrons. The highest BCUT2D eigenvalue weighted by atomic mass is 14.8.